The standard InChI is InChI=1S/C20H24N4O4S/c1-3-29(25,26)24-11-9-20(10-12-24,16-7-5-4-6-8-16)19-22-18(23-28-19)13-17-14-21-15(2)27-17/h4-8,14H,3,9-13H2,1-2H3. The number of sulfonamides is 1. The van der Waals surface area contributed by atoms with Crippen LogP contribution in [-0.4, -0.2) is 46.7 Å². The number of hydrogen-bond donors (Lipinski definition) is 0. The van der Waals surface area contributed by atoms with Crippen LogP contribution in [-0.2, 0) is 21.9 Å². The van der Waals surface area contributed by atoms with E-state index in [1.165, 1.54) is 0 Å². The van der Waals surface area contributed by atoms with Crippen molar-refractivity contribution in [1.29, 1.82) is 0 Å². The van der Waals surface area contributed by atoms with E-state index in [1.54, 1.807) is 24.3 Å². The molecule has 1 aromatic carbocycles. The molecular weight excluding hydrogens is 392 g/mol. The van der Waals surface area contributed by atoms with Gasteiger partial charge in [0.15, 0.2) is 11.7 Å². The molecule has 0 spiro atoms. The molecule has 29 heavy (non-hydrogen) atoms. The van der Waals surface area contributed by atoms with Crippen molar-refractivity contribution in [1.82, 2.24) is 19.4 Å². The number of nitrogens with zero attached hydrogens (tertiary/aromatic N) is 4. The van der Waals surface area contributed by atoms with Gasteiger partial charge in [-0.15, -0.1) is 0 Å². The molecule has 0 atom stereocenters. The fraction of sp³-hybridized carbons (Fsp3) is 0.450. The Morgan fingerprint density at radius 2 is 1.90 bits per heavy atom. The van der Waals surface area contributed by atoms with Crippen LogP contribution in [0.5, 0.6) is 0 Å². The van der Waals surface area contributed by atoms with Gasteiger partial charge in [-0.3, -0.25) is 0 Å². The van der Waals surface area contributed by atoms with E-state index in [-0.39, 0.29) is 5.75 Å². The number of piperidine rings is 1. The quantitative estimate of drug-likeness (QED) is 0.609. The Morgan fingerprint density at radius 1 is 1.17 bits per heavy atom. The molecule has 0 bridgehead atoms. The molecule has 1 aliphatic rings. The summed E-state index contributed by atoms with van der Waals surface area (Å²) in [4.78, 5) is 8.76. The van der Waals surface area contributed by atoms with Gasteiger partial charge in [0, 0.05) is 20.0 Å². The molecule has 3 heterocycles. The smallest absolute Gasteiger partial charge is 0.237 e. The average molecular weight is 417 g/mol. The monoisotopic (exact) mass is 416 g/mol. The number of oxazole rings is 1. The first-order chi connectivity index (χ1) is 13.9. The molecule has 0 aliphatic carbocycles. The van der Waals surface area contributed by atoms with Gasteiger partial charge in [0.05, 0.1) is 23.8 Å². The Balaban J connectivity index is 1.64. The average Bonchev–Trinajstić information content (AvgIpc) is 3.38. The Labute approximate surface area is 170 Å². The number of hydrogen-bond acceptors (Lipinski definition) is 7. The lowest BCUT2D eigenvalue weighted by Gasteiger charge is -2.39. The summed E-state index contributed by atoms with van der Waals surface area (Å²) in [6.07, 6.45) is 3.22. The third kappa shape index (κ3) is 3.84. The van der Waals surface area contributed by atoms with Crippen LogP contribution in [0.4, 0.5) is 0 Å². The summed E-state index contributed by atoms with van der Waals surface area (Å²) >= 11 is 0. The van der Waals surface area contributed by atoms with Gasteiger partial charge in [-0.25, -0.2) is 17.7 Å². The summed E-state index contributed by atoms with van der Waals surface area (Å²) in [5.41, 5.74) is 0.545. The molecule has 0 N–H and O–H groups in total. The summed E-state index contributed by atoms with van der Waals surface area (Å²) in [5, 5.41) is 4.14. The summed E-state index contributed by atoms with van der Waals surface area (Å²) in [6.45, 7) is 4.30. The van der Waals surface area contributed by atoms with E-state index in [4.69, 9.17) is 8.94 Å². The van der Waals surface area contributed by atoms with E-state index in [9.17, 15) is 8.42 Å². The fourth-order valence-electron chi connectivity index (χ4n) is 3.87. The van der Waals surface area contributed by atoms with Crippen molar-refractivity contribution in [2.24, 2.45) is 0 Å². The molecule has 8 nitrogen and oxygen atoms in total. The van der Waals surface area contributed by atoms with Crippen LogP contribution in [0.1, 0.15) is 48.7 Å². The molecule has 1 saturated heterocycles. The van der Waals surface area contributed by atoms with Gasteiger partial charge < -0.3 is 8.94 Å². The molecular formula is C20H24N4O4S. The highest BCUT2D eigenvalue weighted by Gasteiger charge is 2.44. The maximum absolute atomic E-state index is 12.3. The SMILES string of the molecule is CCS(=O)(=O)N1CCC(c2ccccc2)(c2nc(Cc3cnc(C)o3)no2)CC1. The maximum Gasteiger partial charge on any atom is 0.237 e. The van der Waals surface area contributed by atoms with E-state index in [2.05, 4.69) is 15.1 Å². The van der Waals surface area contributed by atoms with Crippen molar-refractivity contribution >= 4 is 10.0 Å². The first kappa shape index (κ1) is 19.8. The molecule has 2 aromatic heterocycles. The molecule has 0 unspecified atom stereocenters. The number of rotatable bonds is 6. The lowest BCUT2D eigenvalue weighted by molar-refractivity contribution is 0.214. The lowest BCUT2D eigenvalue weighted by Crippen LogP contribution is -2.46. The van der Waals surface area contributed by atoms with Gasteiger partial charge >= 0.3 is 0 Å². The number of aryl methyl sites for hydroxylation is 1. The van der Waals surface area contributed by atoms with Crippen molar-refractivity contribution < 1.29 is 17.4 Å². The third-order valence-corrected chi connectivity index (χ3v) is 7.42. The molecule has 1 aliphatic heterocycles. The topological polar surface area (TPSA) is 102 Å². The highest BCUT2D eigenvalue weighted by atomic mass is 32.2. The van der Waals surface area contributed by atoms with E-state index in [1.807, 2.05) is 30.3 Å². The van der Waals surface area contributed by atoms with Crippen LogP contribution in [0.3, 0.4) is 0 Å². The zero-order valence-corrected chi connectivity index (χ0v) is 17.4. The molecule has 4 rings (SSSR count). The van der Waals surface area contributed by atoms with Crippen molar-refractivity contribution in [3.8, 4) is 0 Å². The Hall–Kier alpha value is -2.52. The molecule has 154 valence electrons. The summed E-state index contributed by atoms with van der Waals surface area (Å²) in [7, 11) is -3.22. The van der Waals surface area contributed by atoms with Crippen LogP contribution < -0.4 is 0 Å². The predicted molar refractivity (Wildman–Crippen MR) is 106 cm³/mol. The number of benzene rings is 1. The second-order valence-corrected chi connectivity index (χ2v) is 9.54. The van der Waals surface area contributed by atoms with Crippen molar-refractivity contribution in [2.75, 3.05) is 18.8 Å². The summed E-state index contributed by atoms with van der Waals surface area (Å²) in [5.74, 6) is 2.41. The minimum absolute atomic E-state index is 0.104. The fourth-order valence-corrected chi connectivity index (χ4v) is 4.98. The Bertz CT molecular complexity index is 1070. The van der Waals surface area contributed by atoms with Crippen molar-refractivity contribution in [3.63, 3.8) is 0 Å². The molecule has 9 heteroatoms. The zero-order chi connectivity index (χ0) is 20.5. The second kappa shape index (κ2) is 7.72. The number of aromatic nitrogens is 3. The van der Waals surface area contributed by atoms with E-state index in [0.717, 1.165) is 5.56 Å². The van der Waals surface area contributed by atoms with Gasteiger partial charge in [-0.2, -0.15) is 4.98 Å². The van der Waals surface area contributed by atoms with Crippen molar-refractivity contribution in [3.05, 3.63) is 65.5 Å². The van der Waals surface area contributed by atoms with Gasteiger partial charge in [-0.1, -0.05) is 35.5 Å². The lowest BCUT2D eigenvalue weighted by atomic mass is 9.73. The molecule has 1 fully saturated rings. The Morgan fingerprint density at radius 3 is 2.52 bits per heavy atom. The molecule has 0 radical (unpaired) electrons. The van der Waals surface area contributed by atoms with E-state index in [0.29, 0.717) is 55.7 Å². The Kier molecular flexibility index (Phi) is 5.26. The largest absolute Gasteiger partial charge is 0.446 e. The molecule has 3 aromatic rings. The van der Waals surface area contributed by atoms with Gasteiger partial charge in [-0.05, 0) is 25.3 Å². The molecule has 0 amide bonds. The summed E-state index contributed by atoms with van der Waals surface area (Å²) < 4.78 is 37.4. The zero-order valence-electron chi connectivity index (χ0n) is 16.5. The summed E-state index contributed by atoms with van der Waals surface area (Å²) in [6, 6.07) is 9.97. The first-order valence-corrected chi connectivity index (χ1v) is 11.3. The van der Waals surface area contributed by atoms with Crippen LogP contribution >= 0.6 is 0 Å². The van der Waals surface area contributed by atoms with E-state index < -0.39 is 15.4 Å². The minimum Gasteiger partial charge on any atom is -0.446 e. The third-order valence-electron chi connectivity index (χ3n) is 5.54. The van der Waals surface area contributed by atoms with E-state index >= 15 is 0 Å². The van der Waals surface area contributed by atoms with Crippen molar-refractivity contribution in [2.45, 2.75) is 38.5 Å². The second-order valence-electron chi connectivity index (χ2n) is 7.29. The van der Waals surface area contributed by atoms with Crippen LogP contribution in [0.2, 0.25) is 0 Å². The van der Waals surface area contributed by atoms with Crippen LogP contribution in [0.15, 0.2) is 45.5 Å². The highest BCUT2D eigenvalue weighted by Crippen LogP contribution is 2.41. The maximum atomic E-state index is 12.3. The molecule has 0 saturated carbocycles. The van der Waals surface area contributed by atoms with Gasteiger partial charge in [0.1, 0.15) is 5.76 Å². The highest BCUT2D eigenvalue weighted by molar-refractivity contribution is 7.89. The minimum atomic E-state index is -3.22. The van der Waals surface area contributed by atoms with Crippen LogP contribution in [0, 0.1) is 6.92 Å². The van der Waals surface area contributed by atoms with Gasteiger partial charge in [0.2, 0.25) is 15.9 Å². The van der Waals surface area contributed by atoms with Crippen LogP contribution in [0.25, 0.3) is 0 Å². The first-order valence-electron chi connectivity index (χ1n) is 9.71. The van der Waals surface area contributed by atoms with Gasteiger partial charge in [0.25, 0.3) is 0 Å². The predicted octanol–water partition coefficient (Wildman–Crippen LogP) is 2.69. The normalized spacial score (nSPS) is 17.4.